The van der Waals surface area contributed by atoms with Gasteiger partial charge in [-0.1, -0.05) is 6.07 Å². The third-order valence-corrected chi connectivity index (χ3v) is 7.20. The van der Waals surface area contributed by atoms with Gasteiger partial charge in [-0.05, 0) is 31.0 Å². The smallest absolute Gasteiger partial charge is 0.417 e. The van der Waals surface area contributed by atoms with E-state index in [1.807, 2.05) is 6.92 Å². The first-order valence-corrected chi connectivity index (χ1v) is 11.2. The number of hydrogen-bond acceptors (Lipinski definition) is 7. The van der Waals surface area contributed by atoms with E-state index >= 15 is 4.39 Å². The summed E-state index contributed by atoms with van der Waals surface area (Å²) in [6.45, 7) is 2.40. The van der Waals surface area contributed by atoms with Crippen LogP contribution in [0.5, 0.6) is 6.01 Å². The molecule has 0 radical (unpaired) electrons. The van der Waals surface area contributed by atoms with E-state index < -0.39 is 28.9 Å². The van der Waals surface area contributed by atoms with Gasteiger partial charge >= 0.3 is 12.2 Å². The highest BCUT2D eigenvalue weighted by molar-refractivity contribution is 7.23. The van der Waals surface area contributed by atoms with Crippen molar-refractivity contribution in [3.63, 3.8) is 0 Å². The molecule has 1 unspecified atom stereocenters. The summed E-state index contributed by atoms with van der Waals surface area (Å²) in [5.74, 6) is -1.94. The molecule has 0 amide bonds. The van der Waals surface area contributed by atoms with Crippen LogP contribution < -0.4 is 15.4 Å². The molecular weight excluding hydrogens is 489 g/mol. The number of nitrogens with zero attached hydrogens (tertiary/aromatic N) is 4. The van der Waals surface area contributed by atoms with Crippen LogP contribution in [0.2, 0.25) is 0 Å². The summed E-state index contributed by atoms with van der Waals surface area (Å²) in [6.07, 6.45) is -4.19. The van der Waals surface area contributed by atoms with Crippen molar-refractivity contribution in [3.8, 4) is 23.2 Å². The van der Waals surface area contributed by atoms with Gasteiger partial charge in [0, 0.05) is 28.9 Å². The van der Waals surface area contributed by atoms with Gasteiger partial charge in [0.1, 0.15) is 28.2 Å². The summed E-state index contributed by atoms with van der Waals surface area (Å²) in [4.78, 5) is 9.96. The topological polar surface area (TPSA) is 88.1 Å². The van der Waals surface area contributed by atoms with Crippen LogP contribution >= 0.6 is 11.3 Å². The number of halogens is 5. The Morgan fingerprint density at radius 2 is 2.00 bits per heavy atom. The highest BCUT2D eigenvalue weighted by Crippen LogP contribution is 2.48. The Morgan fingerprint density at radius 1 is 1.26 bits per heavy atom. The maximum atomic E-state index is 16.1. The number of rotatable bonds is 3. The first-order valence-electron chi connectivity index (χ1n) is 10.4. The van der Waals surface area contributed by atoms with Crippen LogP contribution in [0.4, 0.5) is 32.8 Å². The number of methoxy groups -OCH3 is 1. The fourth-order valence-electron chi connectivity index (χ4n) is 4.33. The summed E-state index contributed by atoms with van der Waals surface area (Å²) >= 11 is 0.709. The van der Waals surface area contributed by atoms with Crippen LogP contribution in [0.3, 0.4) is 0 Å². The second kappa shape index (κ2) is 7.91. The molecule has 0 saturated carbocycles. The van der Waals surface area contributed by atoms with E-state index in [1.165, 1.54) is 7.11 Å². The molecular formula is C23H16F5N5OS. The van der Waals surface area contributed by atoms with E-state index in [0.29, 0.717) is 17.9 Å². The van der Waals surface area contributed by atoms with Gasteiger partial charge in [0.2, 0.25) is 0 Å². The Labute approximate surface area is 199 Å². The number of nitriles is 1. The third kappa shape index (κ3) is 3.41. The molecule has 0 aliphatic carbocycles. The lowest BCUT2D eigenvalue weighted by Gasteiger charge is -2.40. The number of fused-ring (bicyclic) bond motifs is 2. The zero-order valence-electron chi connectivity index (χ0n) is 18.3. The molecule has 6 nitrogen and oxygen atoms in total. The van der Waals surface area contributed by atoms with Crippen molar-refractivity contribution in [2.45, 2.75) is 25.6 Å². The zero-order chi connectivity index (χ0) is 25.2. The van der Waals surface area contributed by atoms with Crippen molar-refractivity contribution in [1.29, 1.82) is 5.26 Å². The second-order valence-corrected chi connectivity index (χ2v) is 9.18. The van der Waals surface area contributed by atoms with Crippen LogP contribution in [-0.4, -0.2) is 29.7 Å². The van der Waals surface area contributed by atoms with Crippen LogP contribution in [0.25, 0.3) is 32.1 Å². The molecule has 2 aromatic heterocycles. The van der Waals surface area contributed by atoms with Crippen molar-refractivity contribution in [2.24, 2.45) is 0 Å². The summed E-state index contributed by atoms with van der Waals surface area (Å²) in [7, 11) is 1.27. The molecule has 12 heteroatoms. The normalized spacial score (nSPS) is 15.9. The van der Waals surface area contributed by atoms with E-state index in [1.54, 1.807) is 11.0 Å². The number of aromatic nitrogens is 2. The maximum Gasteiger partial charge on any atom is 0.417 e. The molecule has 1 atom stereocenters. The highest BCUT2D eigenvalue weighted by atomic mass is 32.1. The Balaban J connectivity index is 1.95. The van der Waals surface area contributed by atoms with Crippen molar-refractivity contribution in [2.75, 3.05) is 24.3 Å². The van der Waals surface area contributed by atoms with E-state index in [0.717, 1.165) is 24.6 Å². The van der Waals surface area contributed by atoms with E-state index in [-0.39, 0.29) is 55.0 Å². The van der Waals surface area contributed by atoms with Crippen LogP contribution in [-0.2, 0) is 6.18 Å². The lowest BCUT2D eigenvalue weighted by atomic mass is 9.92. The number of ether oxygens (including phenoxy) is 1. The van der Waals surface area contributed by atoms with Gasteiger partial charge < -0.3 is 15.4 Å². The van der Waals surface area contributed by atoms with Gasteiger partial charge in [0.25, 0.3) is 0 Å². The van der Waals surface area contributed by atoms with Gasteiger partial charge in [0.05, 0.1) is 22.9 Å². The minimum absolute atomic E-state index is 0.0152. The molecule has 3 heterocycles. The quantitative estimate of drug-likeness (QED) is 0.351. The van der Waals surface area contributed by atoms with Gasteiger partial charge in [0.15, 0.2) is 5.82 Å². The van der Waals surface area contributed by atoms with Gasteiger partial charge in [-0.2, -0.15) is 28.4 Å². The molecule has 35 heavy (non-hydrogen) atoms. The number of nitrogen functional groups attached to an aromatic ring is 1. The summed E-state index contributed by atoms with van der Waals surface area (Å²) in [6, 6.07) is 4.30. The Kier molecular flexibility index (Phi) is 5.21. The largest absolute Gasteiger partial charge is 0.467 e. The maximum absolute atomic E-state index is 16.1. The fraction of sp³-hybridized carbons (Fsp3) is 0.261. The number of anilines is 2. The highest BCUT2D eigenvalue weighted by Gasteiger charge is 2.39. The molecule has 2 N–H and O–H groups in total. The Morgan fingerprint density at radius 3 is 2.57 bits per heavy atom. The summed E-state index contributed by atoms with van der Waals surface area (Å²) < 4.78 is 78.7. The number of thiophene rings is 1. The minimum Gasteiger partial charge on any atom is -0.467 e. The predicted octanol–water partition coefficient (Wildman–Crippen LogP) is 5.87. The molecule has 5 rings (SSSR count). The fourth-order valence-corrected chi connectivity index (χ4v) is 5.28. The average Bonchev–Trinajstić information content (AvgIpc) is 3.15. The molecule has 2 aromatic carbocycles. The van der Waals surface area contributed by atoms with Crippen molar-refractivity contribution >= 4 is 43.1 Å². The SMILES string of the molecule is COc1nc(N2CCC2C)c2cc(C(F)(F)F)c(-c3ccc(F)c4sc(N)c(C#N)c34)c(F)c2n1. The second-order valence-electron chi connectivity index (χ2n) is 8.12. The minimum atomic E-state index is -4.99. The number of alkyl halides is 3. The summed E-state index contributed by atoms with van der Waals surface area (Å²) in [5.41, 5.74) is 2.76. The third-order valence-electron chi connectivity index (χ3n) is 6.17. The molecule has 1 saturated heterocycles. The first kappa shape index (κ1) is 23.0. The number of nitrogens with two attached hydrogens (primary N) is 1. The monoisotopic (exact) mass is 505 g/mol. The zero-order valence-corrected chi connectivity index (χ0v) is 19.1. The van der Waals surface area contributed by atoms with Gasteiger partial charge in [-0.3, -0.25) is 0 Å². The number of benzene rings is 2. The molecule has 0 spiro atoms. The average molecular weight is 505 g/mol. The van der Waals surface area contributed by atoms with Crippen LogP contribution in [0.1, 0.15) is 24.5 Å². The van der Waals surface area contributed by atoms with Gasteiger partial charge in [-0.25, -0.2) is 8.78 Å². The standard InChI is InChI=1S/C23H16F5N5OS/c1-9-5-6-33(9)21-11-7-13(23(26,27)28)16(17(25)18(11)31-22(32-21)34-2)10-3-4-14(24)19-15(10)12(8-29)20(30)35-19/h3-4,7,9H,5-6,30H2,1-2H3. The van der Waals surface area contributed by atoms with Crippen LogP contribution in [0, 0.1) is 23.0 Å². The lowest BCUT2D eigenvalue weighted by Crippen LogP contribution is -2.46. The first-order chi connectivity index (χ1) is 16.6. The van der Waals surface area contributed by atoms with Crippen molar-refractivity contribution < 1.29 is 26.7 Å². The van der Waals surface area contributed by atoms with Crippen molar-refractivity contribution in [3.05, 3.63) is 41.0 Å². The molecule has 1 aliphatic heterocycles. The number of hydrogen-bond donors (Lipinski definition) is 1. The molecule has 0 bridgehead atoms. The summed E-state index contributed by atoms with van der Waals surface area (Å²) in [5, 5.41) is 9.16. The molecule has 1 aliphatic rings. The lowest BCUT2D eigenvalue weighted by molar-refractivity contribution is -0.137. The van der Waals surface area contributed by atoms with E-state index in [9.17, 15) is 22.8 Å². The Bertz CT molecular complexity index is 1560. The van der Waals surface area contributed by atoms with E-state index in [2.05, 4.69) is 9.97 Å². The molecule has 1 fully saturated rings. The van der Waals surface area contributed by atoms with E-state index in [4.69, 9.17) is 10.5 Å². The van der Waals surface area contributed by atoms with Gasteiger partial charge in [-0.15, -0.1) is 11.3 Å². The Hall–Kier alpha value is -3.72. The molecule has 180 valence electrons. The van der Waals surface area contributed by atoms with Crippen LogP contribution in [0.15, 0.2) is 18.2 Å². The van der Waals surface area contributed by atoms with Crippen molar-refractivity contribution in [1.82, 2.24) is 9.97 Å². The predicted molar refractivity (Wildman–Crippen MR) is 122 cm³/mol. The molecule has 4 aromatic rings.